The van der Waals surface area contributed by atoms with Crippen LogP contribution in [0.3, 0.4) is 0 Å². The zero-order valence-electron chi connectivity index (χ0n) is 7.74. The summed E-state index contributed by atoms with van der Waals surface area (Å²) >= 11 is 0. The van der Waals surface area contributed by atoms with Crippen molar-refractivity contribution >= 4 is 5.78 Å². The summed E-state index contributed by atoms with van der Waals surface area (Å²) in [7, 11) is 0. The van der Waals surface area contributed by atoms with Gasteiger partial charge in [-0.25, -0.2) is 0 Å². The van der Waals surface area contributed by atoms with Crippen LogP contribution in [0.25, 0.3) is 10.4 Å². The third-order valence-corrected chi connectivity index (χ3v) is 1.72. The first-order valence-electron chi connectivity index (χ1n) is 4.13. The van der Waals surface area contributed by atoms with Gasteiger partial charge in [0, 0.05) is 11.1 Å². The highest BCUT2D eigenvalue weighted by Crippen LogP contribution is 2.12. The van der Waals surface area contributed by atoms with Gasteiger partial charge in [-0.1, -0.05) is 11.2 Å². The maximum Gasteiger partial charge on any atom is 0.161 e. The second-order valence-electron chi connectivity index (χ2n) is 2.67. The topological polar surface area (TPSA) is 103 Å². The van der Waals surface area contributed by atoms with Crippen LogP contribution >= 0.6 is 0 Å². The van der Waals surface area contributed by atoms with Gasteiger partial charge in [0.1, 0.15) is 5.92 Å². The van der Waals surface area contributed by atoms with Crippen molar-refractivity contribution in [3.05, 3.63) is 40.5 Å². The van der Waals surface area contributed by atoms with Gasteiger partial charge in [-0.05, 0) is 17.7 Å². The van der Waals surface area contributed by atoms with Crippen LogP contribution in [0.1, 0.15) is 11.6 Å². The number of hydrogen-bond donors (Lipinski definition) is 0. The molecular weight excluding hydrogens is 194 g/mol. The van der Waals surface area contributed by atoms with E-state index < -0.39 is 11.7 Å². The molecule has 74 valence electrons. The van der Waals surface area contributed by atoms with Crippen LogP contribution in [0.15, 0.2) is 29.5 Å². The Morgan fingerprint density at radius 1 is 1.73 bits per heavy atom. The summed E-state index contributed by atoms with van der Waals surface area (Å²) in [6.07, 6.45) is 1.50. The zero-order valence-corrected chi connectivity index (χ0v) is 7.74. The second kappa shape index (κ2) is 5.37. The van der Waals surface area contributed by atoms with Gasteiger partial charge < -0.3 is 0 Å². The fourth-order valence-electron chi connectivity index (χ4n) is 1.04. The molecule has 0 aliphatic rings. The monoisotopic (exact) mass is 201 g/mol. The Labute approximate surface area is 85.8 Å². The molecule has 0 fully saturated rings. The summed E-state index contributed by atoms with van der Waals surface area (Å²) in [5, 5.41) is 11.9. The van der Waals surface area contributed by atoms with E-state index >= 15 is 0 Å². The third-order valence-electron chi connectivity index (χ3n) is 1.72. The minimum Gasteiger partial charge on any atom is -0.298 e. The Morgan fingerprint density at radius 2 is 2.53 bits per heavy atom. The fraction of sp³-hybridized carbons (Fsp3) is 0.222. The maximum atomic E-state index is 11.4. The molecular formula is C9H7N5O. The number of aromatic nitrogens is 1. The van der Waals surface area contributed by atoms with Crippen LogP contribution < -0.4 is 0 Å². The Morgan fingerprint density at radius 3 is 3.07 bits per heavy atom. The summed E-state index contributed by atoms with van der Waals surface area (Å²) in [4.78, 5) is 17.8. The Kier molecular flexibility index (Phi) is 3.83. The Hall–Kier alpha value is -2.38. The Bertz CT molecular complexity index is 430. The van der Waals surface area contributed by atoms with E-state index in [1.165, 1.54) is 6.20 Å². The first-order chi connectivity index (χ1) is 7.29. The van der Waals surface area contributed by atoms with Crippen molar-refractivity contribution in [2.45, 2.75) is 5.92 Å². The minimum atomic E-state index is -0.961. The molecule has 0 aliphatic heterocycles. The van der Waals surface area contributed by atoms with Gasteiger partial charge in [-0.2, -0.15) is 5.26 Å². The molecule has 6 nitrogen and oxygen atoms in total. The van der Waals surface area contributed by atoms with Crippen LogP contribution in [0, 0.1) is 11.3 Å². The van der Waals surface area contributed by atoms with Gasteiger partial charge in [0.2, 0.25) is 0 Å². The zero-order chi connectivity index (χ0) is 11.1. The van der Waals surface area contributed by atoms with Crippen molar-refractivity contribution in [1.29, 1.82) is 5.26 Å². The number of nitrogens with zero attached hydrogens (tertiary/aromatic N) is 5. The van der Waals surface area contributed by atoms with Crippen LogP contribution in [0.4, 0.5) is 0 Å². The van der Waals surface area contributed by atoms with E-state index in [1.54, 1.807) is 18.2 Å². The molecule has 0 radical (unpaired) electrons. The van der Waals surface area contributed by atoms with Gasteiger partial charge in [0.05, 0.1) is 18.3 Å². The number of pyridine rings is 1. The van der Waals surface area contributed by atoms with Crippen molar-refractivity contribution in [2.24, 2.45) is 5.11 Å². The molecule has 0 bridgehead atoms. The fourth-order valence-corrected chi connectivity index (χ4v) is 1.04. The van der Waals surface area contributed by atoms with E-state index in [-0.39, 0.29) is 6.54 Å². The second-order valence-corrected chi connectivity index (χ2v) is 2.67. The summed E-state index contributed by atoms with van der Waals surface area (Å²) in [6.45, 7) is -0.328. The predicted octanol–water partition coefficient (Wildman–Crippen LogP) is 1.57. The average Bonchev–Trinajstić information content (AvgIpc) is 2.29. The molecule has 0 aliphatic carbocycles. The van der Waals surface area contributed by atoms with Crippen molar-refractivity contribution < 1.29 is 4.79 Å². The molecule has 1 rings (SSSR count). The normalized spacial score (nSPS) is 10.9. The molecule has 6 heteroatoms. The highest BCUT2D eigenvalue weighted by molar-refractivity contribution is 5.89. The summed E-state index contributed by atoms with van der Waals surface area (Å²) < 4.78 is 0. The molecule has 0 aromatic carbocycles. The van der Waals surface area contributed by atoms with Crippen LogP contribution in [0.2, 0.25) is 0 Å². The SMILES string of the molecule is N#CC(C(=O)CN=[N+]=[N-])c1ccccn1. The number of Topliss-reactive ketones (excluding diaryl/α,β-unsaturated/α-hetero) is 1. The van der Waals surface area contributed by atoms with E-state index in [4.69, 9.17) is 10.8 Å². The maximum absolute atomic E-state index is 11.4. The number of hydrogen-bond acceptors (Lipinski definition) is 4. The van der Waals surface area contributed by atoms with Crippen molar-refractivity contribution in [2.75, 3.05) is 6.54 Å². The van der Waals surface area contributed by atoms with Crippen LogP contribution in [-0.2, 0) is 4.79 Å². The molecule has 1 heterocycles. The predicted molar refractivity (Wildman–Crippen MR) is 51.6 cm³/mol. The molecule has 0 spiro atoms. The van der Waals surface area contributed by atoms with Gasteiger partial charge in [0.15, 0.2) is 5.78 Å². The molecule has 1 aromatic heterocycles. The van der Waals surface area contributed by atoms with E-state index in [9.17, 15) is 4.79 Å². The van der Waals surface area contributed by atoms with Crippen LogP contribution in [-0.4, -0.2) is 17.3 Å². The lowest BCUT2D eigenvalue weighted by Crippen LogP contribution is -2.14. The van der Waals surface area contributed by atoms with Crippen molar-refractivity contribution in [3.8, 4) is 6.07 Å². The molecule has 0 saturated heterocycles. The smallest absolute Gasteiger partial charge is 0.161 e. The summed E-state index contributed by atoms with van der Waals surface area (Å²) in [5.41, 5.74) is 8.42. The first-order valence-corrected chi connectivity index (χ1v) is 4.13. The summed E-state index contributed by atoms with van der Waals surface area (Å²) in [6, 6.07) is 6.80. The lowest BCUT2D eigenvalue weighted by molar-refractivity contribution is -0.118. The van der Waals surface area contributed by atoms with Gasteiger partial charge in [-0.3, -0.25) is 9.78 Å². The molecule has 1 aromatic rings. The van der Waals surface area contributed by atoms with E-state index in [2.05, 4.69) is 15.0 Å². The standard InChI is InChI=1S/C9H7N5O/c10-5-7(9(15)6-13-14-11)8-3-1-2-4-12-8/h1-4,7H,6H2. The largest absolute Gasteiger partial charge is 0.298 e. The van der Waals surface area contributed by atoms with Crippen molar-refractivity contribution in [1.82, 2.24) is 4.98 Å². The first kappa shape index (κ1) is 10.7. The number of azide groups is 1. The lowest BCUT2D eigenvalue weighted by Gasteiger charge is -2.04. The molecule has 1 atom stereocenters. The quantitative estimate of drug-likeness (QED) is 0.419. The van der Waals surface area contributed by atoms with Gasteiger partial charge >= 0.3 is 0 Å². The number of nitriles is 1. The number of ketones is 1. The third kappa shape index (κ3) is 2.79. The van der Waals surface area contributed by atoms with Gasteiger partial charge in [-0.15, -0.1) is 0 Å². The molecule has 0 saturated carbocycles. The minimum absolute atomic E-state index is 0.328. The van der Waals surface area contributed by atoms with E-state index in [1.807, 2.05) is 6.07 Å². The number of rotatable bonds is 4. The molecule has 0 amide bonds. The van der Waals surface area contributed by atoms with Gasteiger partial charge in [0.25, 0.3) is 0 Å². The highest BCUT2D eigenvalue weighted by Gasteiger charge is 2.19. The molecule has 1 unspecified atom stereocenters. The van der Waals surface area contributed by atoms with E-state index in [0.29, 0.717) is 5.69 Å². The van der Waals surface area contributed by atoms with Crippen molar-refractivity contribution in [3.63, 3.8) is 0 Å². The average molecular weight is 201 g/mol. The number of carbonyl (C=O) groups is 1. The number of carbonyl (C=O) groups excluding carboxylic acids is 1. The highest BCUT2D eigenvalue weighted by atomic mass is 16.1. The van der Waals surface area contributed by atoms with Crippen LogP contribution in [0.5, 0.6) is 0 Å². The van der Waals surface area contributed by atoms with E-state index in [0.717, 1.165) is 0 Å². The summed E-state index contributed by atoms with van der Waals surface area (Å²) in [5.74, 6) is -1.41. The Balaban J connectivity index is 2.86. The molecule has 15 heavy (non-hydrogen) atoms. The molecule has 0 N–H and O–H groups in total. The lowest BCUT2D eigenvalue weighted by atomic mass is 10.0.